The van der Waals surface area contributed by atoms with Crippen LogP contribution in [0.3, 0.4) is 0 Å². The summed E-state index contributed by atoms with van der Waals surface area (Å²) in [5.74, 6) is -1.36. The summed E-state index contributed by atoms with van der Waals surface area (Å²) in [5.41, 5.74) is 2.66. The highest BCUT2D eigenvalue weighted by atomic mass is 35.5. The third-order valence-corrected chi connectivity index (χ3v) is 5.42. The van der Waals surface area contributed by atoms with Crippen molar-refractivity contribution < 1.29 is 23.8 Å². The lowest BCUT2D eigenvalue weighted by atomic mass is 10.0. The zero-order valence-corrected chi connectivity index (χ0v) is 18.1. The third kappa shape index (κ3) is 5.06. The van der Waals surface area contributed by atoms with E-state index in [0.717, 1.165) is 16.5 Å². The van der Waals surface area contributed by atoms with Gasteiger partial charge >= 0.3 is 11.6 Å². The Kier molecular flexibility index (Phi) is 6.65. The van der Waals surface area contributed by atoms with Crippen LogP contribution in [0.4, 0.5) is 0 Å². The number of carbonyl (C=O) groups excluding carboxylic acids is 1. The quantitative estimate of drug-likeness (QED) is 0.541. The number of ether oxygens (including phenoxy) is 1. The topological polar surface area (TPSA) is 106 Å². The van der Waals surface area contributed by atoms with Gasteiger partial charge in [-0.2, -0.15) is 0 Å². The molecule has 1 amide bonds. The van der Waals surface area contributed by atoms with Crippen LogP contribution in [-0.4, -0.2) is 29.6 Å². The molecule has 0 fully saturated rings. The number of rotatable bonds is 7. The van der Waals surface area contributed by atoms with Crippen molar-refractivity contribution in [2.75, 3.05) is 6.61 Å². The van der Waals surface area contributed by atoms with Crippen molar-refractivity contribution in [1.29, 1.82) is 0 Å². The molecule has 0 saturated carbocycles. The first kappa shape index (κ1) is 22.4. The lowest BCUT2D eigenvalue weighted by Gasteiger charge is -2.16. The van der Waals surface area contributed by atoms with Gasteiger partial charge in [0.1, 0.15) is 17.4 Å². The highest BCUT2D eigenvalue weighted by Gasteiger charge is 2.21. The van der Waals surface area contributed by atoms with E-state index < -0.39 is 23.5 Å². The van der Waals surface area contributed by atoms with Gasteiger partial charge in [-0.15, -0.1) is 0 Å². The van der Waals surface area contributed by atoms with E-state index in [1.54, 1.807) is 50.2 Å². The number of fused-ring (bicyclic) bond motifs is 1. The maximum absolute atomic E-state index is 12.3. The highest BCUT2D eigenvalue weighted by molar-refractivity contribution is 6.30. The number of hydrogen-bond acceptors (Lipinski definition) is 5. The van der Waals surface area contributed by atoms with E-state index in [1.165, 1.54) is 0 Å². The van der Waals surface area contributed by atoms with E-state index >= 15 is 0 Å². The molecule has 2 N–H and O–H groups in total. The summed E-state index contributed by atoms with van der Waals surface area (Å²) in [4.78, 5) is 35.9. The first-order chi connectivity index (χ1) is 14.7. The Morgan fingerprint density at radius 2 is 1.74 bits per heavy atom. The molecule has 1 aromatic heterocycles. The maximum atomic E-state index is 12.3. The second-order valence-electron chi connectivity index (χ2n) is 7.28. The van der Waals surface area contributed by atoms with E-state index in [1.807, 2.05) is 6.92 Å². The second kappa shape index (κ2) is 9.22. The number of amides is 1. The summed E-state index contributed by atoms with van der Waals surface area (Å²) in [5, 5.41) is 13.2. The Labute approximate surface area is 183 Å². The maximum Gasteiger partial charge on any atom is 0.339 e. The molecule has 1 atom stereocenters. The van der Waals surface area contributed by atoms with Crippen LogP contribution in [0.5, 0.6) is 5.75 Å². The zero-order valence-electron chi connectivity index (χ0n) is 17.3. The van der Waals surface area contributed by atoms with Crippen LogP contribution in [0.25, 0.3) is 11.0 Å². The zero-order chi connectivity index (χ0) is 22.7. The Hall–Kier alpha value is -3.32. The van der Waals surface area contributed by atoms with Crippen molar-refractivity contribution in [2.24, 2.45) is 0 Å². The van der Waals surface area contributed by atoms with Crippen LogP contribution in [0.15, 0.2) is 45.6 Å². The molecule has 0 saturated heterocycles. The standard InChI is InChI=1S/C23H22ClNO6/c1-12-13(2)23(29)31-21-14(3)19(9-8-17(12)21)30-11-20(26)25-18(22(27)28)10-15-4-6-16(24)7-5-15/h4-9,18H,10-11H2,1-3H3,(H,25,26)(H,27,28). The van der Waals surface area contributed by atoms with Crippen LogP contribution in [0.2, 0.25) is 5.02 Å². The van der Waals surface area contributed by atoms with Gasteiger partial charge in [-0.05, 0) is 56.2 Å². The van der Waals surface area contributed by atoms with Gasteiger partial charge in [0, 0.05) is 28.0 Å². The molecule has 2 aromatic carbocycles. The number of carbonyl (C=O) groups is 2. The third-order valence-electron chi connectivity index (χ3n) is 5.17. The van der Waals surface area contributed by atoms with Crippen LogP contribution in [0, 0.1) is 20.8 Å². The average molecular weight is 444 g/mol. The molecule has 0 aliphatic carbocycles. The first-order valence-corrected chi connectivity index (χ1v) is 9.98. The number of benzene rings is 2. The van der Waals surface area contributed by atoms with E-state index in [4.69, 9.17) is 20.8 Å². The summed E-state index contributed by atoms with van der Waals surface area (Å²) in [6.45, 7) is 4.89. The van der Waals surface area contributed by atoms with E-state index in [0.29, 0.717) is 27.5 Å². The molecule has 0 radical (unpaired) electrons. The summed E-state index contributed by atoms with van der Waals surface area (Å²) in [6, 6.07) is 9.07. The molecular weight excluding hydrogens is 422 g/mol. The number of aryl methyl sites for hydroxylation is 2. The van der Waals surface area contributed by atoms with Crippen molar-refractivity contribution in [3.63, 3.8) is 0 Å². The normalized spacial score (nSPS) is 11.9. The molecular formula is C23H22ClNO6. The molecule has 0 spiro atoms. The van der Waals surface area contributed by atoms with Gasteiger partial charge in [0.2, 0.25) is 0 Å². The first-order valence-electron chi connectivity index (χ1n) is 9.60. The van der Waals surface area contributed by atoms with Gasteiger partial charge in [-0.3, -0.25) is 4.79 Å². The number of aliphatic carboxylic acids is 1. The van der Waals surface area contributed by atoms with Crippen molar-refractivity contribution in [1.82, 2.24) is 5.32 Å². The predicted octanol–water partition coefficient (Wildman–Crippen LogP) is 3.56. The van der Waals surface area contributed by atoms with Crippen LogP contribution in [0.1, 0.15) is 22.3 Å². The molecule has 0 aliphatic rings. The number of carboxylic acids is 1. The molecule has 1 heterocycles. The number of halogens is 1. The molecule has 0 bridgehead atoms. The molecule has 3 rings (SSSR count). The van der Waals surface area contributed by atoms with E-state index in [-0.39, 0.29) is 13.0 Å². The minimum absolute atomic E-state index is 0.108. The van der Waals surface area contributed by atoms with Crippen LogP contribution < -0.4 is 15.7 Å². The monoisotopic (exact) mass is 443 g/mol. The largest absolute Gasteiger partial charge is 0.483 e. The van der Waals surface area contributed by atoms with Crippen molar-refractivity contribution in [3.05, 3.63) is 74.1 Å². The lowest BCUT2D eigenvalue weighted by Crippen LogP contribution is -2.44. The summed E-state index contributed by atoms with van der Waals surface area (Å²) in [7, 11) is 0. The van der Waals surface area contributed by atoms with Crippen molar-refractivity contribution in [2.45, 2.75) is 33.2 Å². The van der Waals surface area contributed by atoms with E-state index in [9.17, 15) is 19.5 Å². The predicted molar refractivity (Wildman–Crippen MR) is 117 cm³/mol. The summed E-state index contributed by atoms with van der Waals surface area (Å²) in [6.07, 6.45) is 0.108. The second-order valence-corrected chi connectivity index (χ2v) is 7.72. The average Bonchev–Trinajstić information content (AvgIpc) is 2.73. The highest BCUT2D eigenvalue weighted by Crippen LogP contribution is 2.29. The molecule has 8 heteroatoms. The molecule has 162 valence electrons. The van der Waals surface area contributed by atoms with Gasteiger partial charge in [0.25, 0.3) is 5.91 Å². The minimum Gasteiger partial charge on any atom is -0.483 e. The molecule has 0 aliphatic heterocycles. The Morgan fingerprint density at radius 1 is 1.06 bits per heavy atom. The van der Waals surface area contributed by atoms with Crippen molar-refractivity contribution >= 4 is 34.4 Å². The Balaban J connectivity index is 1.70. The fourth-order valence-corrected chi connectivity index (χ4v) is 3.34. The number of hydrogen-bond donors (Lipinski definition) is 2. The fraction of sp³-hybridized carbons (Fsp3) is 0.261. The Morgan fingerprint density at radius 3 is 2.39 bits per heavy atom. The SMILES string of the molecule is Cc1c(C)c2ccc(OCC(=O)NC(Cc3ccc(Cl)cc3)C(=O)O)c(C)c2oc1=O. The van der Waals surface area contributed by atoms with Gasteiger partial charge < -0.3 is 19.6 Å². The summed E-state index contributed by atoms with van der Waals surface area (Å²) >= 11 is 5.84. The molecule has 7 nitrogen and oxygen atoms in total. The Bertz CT molecular complexity index is 1200. The number of carboxylic acid groups (broad SMARTS) is 1. The van der Waals surface area contributed by atoms with Gasteiger partial charge in [0.15, 0.2) is 6.61 Å². The van der Waals surface area contributed by atoms with Crippen LogP contribution >= 0.6 is 11.6 Å². The molecule has 3 aromatic rings. The lowest BCUT2D eigenvalue weighted by molar-refractivity contribution is -0.142. The fourth-order valence-electron chi connectivity index (χ4n) is 3.22. The van der Waals surface area contributed by atoms with Gasteiger partial charge in [-0.1, -0.05) is 23.7 Å². The van der Waals surface area contributed by atoms with E-state index in [2.05, 4.69) is 5.32 Å². The van der Waals surface area contributed by atoms with Crippen molar-refractivity contribution in [3.8, 4) is 5.75 Å². The van der Waals surface area contributed by atoms with Gasteiger partial charge in [-0.25, -0.2) is 9.59 Å². The van der Waals surface area contributed by atoms with Gasteiger partial charge in [0.05, 0.1) is 0 Å². The summed E-state index contributed by atoms with van der Waals surface area (Å²) < 4.78 is 11.0. The van der Waals surface area contributed by atoms with Crippen LogP contribution in [-0.2, 0) is 16.0 Å². The smallest absolute Gasteiger partial charge is 0.339 e. The molecule has 31 heavy (non-hydrogen) atoms. The molecule has 1 unspecified atom stereocenters. The number of nitrogens with one attached hydrogen (secondary N) is 1. The minimum atomic E-state index is -1.15.